The zero-order chi connectivity index (χ0) is 13.1. The number of nitrogen functional groups attached to an aromatic ring is 1. The van der Waals surface area contributed by atoms with Gasteiger partial charge in [0.2, 0.25) is 0 Å². The zero-order valence-corrected chi connectivity index (χ0v) is 10.7. The van der Waals surface area contributed by atoms with Crippen molar-refractivity contribution in [2.75, 3.05) is 17.6 Å². The molecule has 0 fully saturated rings. The molecule has 0 bridgehead atoms. The molecule has 0 radical (unpaired) electrons. The first kappa shape index (κ1) is 12.4. The molecule has 0 saturated carbocycles. The Morgan fingerprint density at radius 2 is 2.28 bits per heavy atom. The second-order valence-electron chi connectivity index (χ2n) is 3.83. The van der Waals surface area contributed by atoms with Gasteiger partial charge in [-0.3, -0.25) is 14.3 Å². The van der Waals surface area contributed by atoms with Gasteiger partial charge in [0.15, 0.2) is 0 Å². The Bertz CT molecular complexity index is 642. The van der Waals surface area contributed by atoms with Crippen LogP contribution in [0, 0.1) is 0 Å². The molecule has 96 valence electrons. The van der Waals surface area contributed by atoms with Crippen LogP contribution in [0.25, 0.3) is 0 Å². The van der Waals surface area contributed by atoms with Crippen molar-refractivity contribution in [3.05, 3.63) is 43.2 Å². The number of rotatable bonds is 4. The fourth-order valence-electron chi connectivity index (χ4n) is 1.57. The molecule has 0 aliphatic carbocycles. The fourth-order valence-corrected chi connectivity index (χ4v) is 2.28. The largest absolute Gasteiger partial charge is 0.383 e. The molecule has 6 nitrogen and oxygen atoms in total. The van der Waals surface area contributed by atoms with E-state index >= 15 is 0 Å². The maximum atomic E-state index is 11.6. The molecule has 0 amide bonds. The van der Waals surface area contributed by atoms with Crippen LogP contribution in [-0.4, -0.2) is 16.1 Å². The molecule has 0 aliphatic rings. The lowest BCUT2D eigenvalue weighted by Gasteiger charge is -2.10. The summed E-state index contributed by atoms with van der Waals surface area (Å²) in [6, 6.07) is 4.01. The summed E-state index contributed by atoms with van der Waals surface area (Å²) >= 11 is 1.66. The summed E-state index contributed by atoms with van der Waals surface area (Å²) in [5.41, 5.74) is 4.97. The highest BCUT2D eigenvalue weighted by Crippen LogP contribution is 2.11. The molecule has 2 aromatic rings. The number of H-pyrrole nitrogens is 1. The Morgan fingerprint density at radius 1 is 1.50 bits per heavy atom. The topological polar surface area (TPSA) is 92.9 Å². The molecule has 2 heterocycles. The number of thiophene rings is 1. The van der Waals surface area contributed by atoms with E-state index in [9.17, 15) is 9.59 Å². The summed E-state index contributed by atoms with van der Waals surface area (Å²) in [6.07, 6.45) is 0.805. The minimum absolute atomic E-state index is 0.148. The molecule has 0 aromatic carbocycles. The third kappa shape index (κ3) is 2.45. The first-order valence-corrected chi connectivity index (χ1v) is 6.32. The first-order valence-electron chi connectivity index (χ1n) is 5.44. The lowest BCUT2D eigenvalue weighted by atomic mass is 10.3. The summed E-state index contributed by atoms with van der Waals surface area (Å²) < 4.78 is 1.20. The Kier molecular flexibility index (Phi) is 3.52. The van der Waals surface area contributed by atoms with Gasteiger partial charge in [-0.15, -0.1) is 11.3 Å². The van der Waals surface area contributed by atoms with Gasteiger partial charge in [0.05, 0.1) is 0 Å². The van der Waals surface area contributed by atoms with Gasteiger partial charge in [-0.25, -0.2) is 4.79 Å². The van der Waals surface area contributed by atoms with Crippen molar-refractivity contribution >= 4 is 22.8 Å². The normalized spacial score (nSPS) is 10.5. The van der Waals surface area contributed by atoms with Crippen LogP contribution in [0.2, 0.25) is 0 Å². The number of aromatic nitrogens is 2. The third-order valence-electron chi connectivity index (χ3n) is 2.62. The molecule has 18 heavy (non-hydrogen) atoms. The zero-order valence-electron chi connectivity index (χ0n) is 9.90. The Morgan fingerprint density at radius 3 is 2.94 bits per heavy atom. The lowest BCUT2D eigenvalue weighted by Crippen LogP contribution is -2.32. The van der Waals surface area contributed by atoms with Gasteiger partial charge in [0, 0.05) is 18.5 Å². The van der Waals surface area contributed by atoms with E-state index < -0.39 is 11.2 Å². The first-order chi connectivity index (χ1) is 8.59. The van der Waals surface area contributed by atoms with Gasteiger partial charge < -0.3 is 11.1 Å². The Balaban J connectivity index is 2.12. The monoisotopic (exact) mass is 266 g/mol. The highest BCUT2D eigenvalue weighted by molar-refractivity contribution is 7.09. The molecule has 0 saturated heterocycles. The number of nitrogens with zero attached hydrogens (tertiary/aromatic N) is 1. The quantitative estimate of drug-likeness (QED) is 0.745. The minimum atomic E-state index is -0.513. The SMILES string of the molecule is Cn1c(N)c(NCCc2cccs2)c(=O)[nH]c1=O. The van der Waals surface area contributed by atoms with Crippen molar-refractivity contribution < 1.29 is 0 Å². The minimum Gasteiger partial charge on any atom is -0.383 e. The summed E-state index contributed by atoms with van der Waals surface area (Å²) in [7, 11) is 1.51. The highest BCUT2D eigenvalue weighted by Gasteiger charge is 2.08. The molecule has 0 aliphatic heterocycles. The molecule has 2 rings (SSSR count). The van der Waals surface area contributed by atoms with Crippen LogP contribution in [0.3, 0.4) is 0 Å². The van der Waals surface area contributed by atoms with Crippen molar-refractivity contribution in [2.24, 2.45) is 7.05 Å². The molecule has 0 atom stereocenters. The number of nitrogens with two attached hydrogens (primary N) is 1. The van der Waals surface area contributed by atoms with E-state index in [-0.39, 0.29) is 11.5 Å². The number of hydrogen-bond acceptors (Lipinski definition) is 5. The predicted molar refractivity (Wildman–Crippen MR) is 73.2 cm³/mol. The smallest absolute Gasteiger partial charge is 0.329 e. The van der Waals surface area contributed by atoms with E-state index in [1.807, 2.05) is 17.5 Å². The van der Waals surface area contributed by atoms with Crippen molar-refractivity contribution in [3.63, 3.8) is 0 Å². The molecule has 0 spiro atoms. The van der Waals surface area contributed by atoms with Crippen LogP contribution < -0.4 is 22.3 Å². The average molecular weight is 266 g/mol. The van der Waals surface area contributed by atoms with Gasteiger partial charge in [0.1, 0.15) is 11.5 Å². The molecule has 4 N–H and O–H groups in total. The molecular weight excluding hydrogens is 252 g/mol. The van der Waals surface area contributed by atoms with Gasteiger partial charge in [-0.1, -0.05) is 6.07 Å². The Labute approximate surface area is 107 Å². The lowest BCUT2D eigenvalue weighted by molar-refractivity contribution is 0.812. The van der Waals surface area contributed by atoms with Gasteiger partial charge in [-0.05, 0) is 17.9 Å². The molecule has 7 heteroatoms. The van der Waals surface area contributed by atoms with E-state index in [1.54, 1.807) is 11.3 Å². The number of anilines is 2. The highest BCUT2D eigenvalue weighted by atomic mass is 32.1. The second kappa shape index (κ2) is 5.09. The van der Waals surface area contributed by atoms with Crippen LogP contribution >= 0.6 is 11.3 Å². The molecule has 2 aromatic heterocycles. The van der Waals surface area contributed by atoms with E-state index in [0.29, 0.717) is 6.54 Å². The maximum Gasteiger partial charge on any atom is 0.329 e. The summed E-state index contributed by atoms with van der Waals surface area (Å²) in [5, 5.41) is 4.97. The van der Waals surface area contributed by atoms with E-state index in [0.717, 1.165) is 6.42 Å². The molecular formula is C11H14N4O2S. The van der Waals surface area contributed by atoms with Crippen molar-refractivity contribution in [3.8, 4) is 0 Å². The van der Waals surface area contributed by atoms with E-state index in [1.165, 1.54) is 16.5 Å². The fraction of sp³-hybridized carbons (Fsp3) is 0.273. The number of hydrogen-bond donors (Lipinski definition) is 3. The predicted octanol–water partition coefficient (Wildman–Crippen LogP) is 0.372. The second-order valence-corrected chi connectivity index (χ2v) is 4.87. The van der Waals surface area contributed by atoms with Crippen molar-refractivity contribution in [1.82, 2.24) is 9.55 Å². The third-order valence-corrected chi connectivity index (χ3v) is 3.56. The number of aromatic amines is 1. The van der Waals surface area contributed by atoms with Crippen molar-refractivity contribution in [2.45, 2.75) is 6.42 Å². The Hall–Kier alpha value is -2.02. The van der Waals surface area contributed by atoms with Crippen LogP contribution in [0.15, 0.2) is 27.1 Å². The van der Waals surface area contributed by atoms with Gasteiger partial charge in [0.25, 0.3) is 5.56 Å². The van der Waals surface area contributed by atoms with Crippen molar-refractivity contribution in [1.29, 1.82) is 0 Å². The van der Waals surface area contributed by atoms with E-state index in [4.69, 9.17) is 5.73 Å². The summed E-state index contributed by atoms with van der Waals surface area (Å²) in [4.78, 5) is 26.3. The summed E-state index contributed by atoms with van der Waals surface area (Å²) in [6.45, 7) is 0.589. The van der Waals surface area contributed by atoms with Gasteiger partial charge >= 0.3 is 5.69 Å². The standard InChI is InChI=1S/C11H14N4O2S/c1-15-9(12)8(10(16)14-11(15)17)13-5-4-7-3-2-6-18-7/h2-3,6,13H,4-5,12H2,1H3,(H,14,16,17). The average Bonchev–Trinajstić information content (AvgIpc) is 2.84. The maximum absolute atomic E-state index is 11.6. The van der Waals surface area contributed by atoms with Crippen LogP contribution in [0.5, 0.6) is 0 Å². The molecule has 0 unspecified atom stereocenters. The number of nitrogens with one attached hydrogen (secondary N) is 2. The van der Waals surface area contributed by atoms with Gasteiger partial charge in [-0.2, -0.15) is 0 Å². The summed E-state index contributed by atoms with van der Waals surface area (Å²) in [5.74, 6) is 0.148. The van der Waals surface area contributed by atoms with Crippen LogP contribution in [0.1, 0.15) is 4.88 Å². The van der Waals surface area contributed by atoms with Crippen LogP contribution in [-0.2, 0) is 13.5 Å². The van der Waals surface area contributed by atoms with Crippen LogP contribution in [0.4, 0.5) is 11.5 Å². The van der Waals surface area contributed by atoms with E-state index in [2.05, 4.69) is 10.3 Å².